The van der Waals surface area contributed by atoms with Gasteiger partial charge in [-0.1, -0.05) is 31.4 Å². The minimum Gasteiger partial charge on any atom is -0.497 e. The first kappa shape index (κ1) is 40.4. The van der Waals surface area contributed by atoms with Crippen LogP contribution in [0.2, 0.25) is 0 Å². The van der Waals surface area contributed by atoms with Crippen LogP contribution in [0.25, 0.3) is 10.9 Å². The highest BCUT2D eigenvalue weighted by Gasteiger charge is 2.64. The molecule has 6 aliphatic rings. The Labute approximate surface area is 340 Å². The Kier molecular flexibility index (Phi) is 10.2. The van der Waals surface area contributed by atoms with Gasteiger partial charge in [-0.3, -0.25) is 19.1 Å². The van der Waals surface area contributed by atoms with E-state index < -0.39 is 73.3 Å². The molecule has 14 nitrogen and oxygen atoms in total. The molecule has 5 atom stereocenters. The van der Waals surface area contributed by atoms with Crippen LogP contribution in [-0.2, 0) is 35.6 Å². The maximum Gasteiger partial charge on any atom is 0.408 e. The molecule has 2 aromatic rings. The zero-order valence-corrected chi connectivity index (χ0v) is 35.1. The summed E-state index contributed by atoms with van der Waals surface area (Å²) in [5, 5.41) is 6.74. The minimum atomic E-state index is -3.99. The first-order valence-corrected chi connectivity index (χ1v) is 22.5. The molecule has 1 aromatic heterocycles. The van der Waals surface area contributed by atoms with Crippen LogP contribution < -0.4 is 24.8 Å². The van der Waals surface area contributed by atoms with Gasteiger partial charge in [0.25, 0.3) is 5.91 Å². The third kappa shape index (κ3) is 7.63. The van der Waals surface area contributed by atoms with Crippen molar-refractivity contribution in [1.29, 1.82) is 0 Å². The van der Waals surface area contributed by atoms with Crippen LogP contribution in [0.3, 0.4) is 0 Å². The number of rotatable bonds is 6. The molecule has 1 saturated heterocycles. The molecule has 0 bridgehead atoms. The van der Waals surface area contributed by atoms with Crippen LogP contribution in [0.1, 0.15) is 128 Å². The van der Waals surface area contributed by atoms with Crippen LogP contribution in [-0.4, -0.2) is 89.3 Å². The minimum absolute atomic E-state index is 0.0609. The Morgan fingerprint density at radius 2 is 1.81 bits per heavy atom. The second-order valence-corrected chi connectivity index (χ2v) is 20.9. The molecule has 3 aliphatic heterocycles. The first-order chi connectivity index (χ1) is 27.5. The van der Waals surface area contributed by atoms with Crippen molar-refractivity contribution in [3.8, 4) is 11.5 Å². The number of nitrogens with one attached hydrogen (secondary N) is 3. The van der Waals surface area contributed by atoms with E-state index in [2.05, 4.69) is 15.4 Å². The van der Waals surface area contributed by atoms with Gasteiger partial charge in [-0.2, -0.15) is 0 Å². The van der Waals surface area contributed by atoms with E-state index in [0.717, 1.165) is 54.3 Å². The Balaban J connectivity index is 1.16. The van der Waals surface area contributed by atoms with Crippen LogP contribution >= 0.6 is 0 Å². The number of hydrogen-bond acceptors (Lipinski definition) is 10. The average molecular weight is 820 g/mol. The fourth-order valence-corrected chi connectivity index (χ4v) is 10.4. The van der Waals surface area contributed by atoms with Gasteiger partial charge in [0.2, 0.25) is 21.8 Å². The predicted molar refractivity (Wildman–Crippen MR) is 216 cm³/mol. The second-order valence-electron chi connectivity index (χ2n) is 18.7. The van der Waals surface area contributed by atoms with Gasteiger partial charge in [0, 0.05) is 29.2 Å². The summed E-state index contributed by atoms with van der Waals surface area (Å²) in [5.74, 6) is -0.600. The molecule has 3 N–H and O–H groups in total. The summed E-state index contributed by atoms with van der Waals surface area (Å²) in [6, 6.07) is 3.77. The second kappa shape index (κ2) is 14.7. The first-order valence-electron chi connectivity index (χ1n) is 21.0. The number of amides is 4. The molecule has 3 saturated carbocycles. The van der Waals surface area contributed by atoms with Gasteiger partial charge in [-0.25, -0.2) is 18.2 Å². The third-order valence-electron chi connectivity index (χ3n) is 13.2. The van der Waals surface area contributed by atoms with Gasteiger partial charge in [0.05, 0.1) is 29.6 Å². The quantitative estimate of drug-likeness (QED) is 0.317. The molecule has 314 valence electrons. The van der Waals surface area contributed by atoms with E-state index in [1.54, 1.807) is 34.8 Å². The molecule has 4 amide bonds. The lowest BCUT2D eigenvalue weighted by molar-refractivity contribution is -0.141. The molecular formula is C43H57N5O9S. The molecule has 1 aromatic carbocycles. The van der Waals surface area contributed by atoms with Gasteiger partial charge in [0.1, 0.15) is 40.3 Å². The molecule has 4 heterocycles. The maximum atomic E-state index is 14.9. The van der Waals surface area contributed by atoms with Crippen LogP contribution in [0.5, 0.6) is 11.5 Å². The highest BCUT2D eigenvalue weighted by molar-refractivity contribution is 7.91. The summed E-state index contributed by atoms with van der Waals surface area (Å²) in [7, 11) is -2.37. The van der Waals surface area contributed by atoms with Crippen LogP contribution in [0, 0.1) is 5.92 Å². The van der Waals surface area contributed by atoms with Gasteiger partial charge >= 0.3 is 6.09 Å². The average Bonchev–Trinajstić information content (AvgIpc) is 4.03. The zero-order chi connectivity index (χ0) is 41.3. The van der Waals surface area contributed by atoms with Crippen molar-refractivity contribution in [2.75, 3.05) is 13.7 Å². The Hall–Kier alpha value is -4.40. The number of benzene rings is 1. The molecule has 0 radical (unpaired) electrons. The summed E-state index contributed by atoms with van der Waals surface area (Å²) in [4.78, 5) is 63.6. The summed E-state index contributed by atoms with van der Waals surface area (Å²) in [6.07, 6.45) is 11.8. The summed E-state index contributed by atoms with van der Waals surface area (Å²) in [6.45, 7) is 6.92. The smallest absolute Gasteiger partial charge is 0.408 e. The Bertz CT molecular complexity index is 2160. The number of carbonyl (C=O) groups is 4. The lowest BCUT2D eigenvalue weighted by Gasteiger charge is -2.39. The lowest BCUT2D eigenvalue weighted by Crippen LogP contribution is -2.58. The highest BCUT2D eigenvalue weighted by atomic mass is 32.2. The van der Waals surface area contributed by atoms with Crippen LogP contribution in [0.4, 0.5) is 4.79 Å². The van der Waals surface area contributed by atoms with E-state index in [9.17, 15) is 27.6 Å². The van der Waals surface area contributed by atoms with Crippen molar-refractivity contribution in [1.82, 2.24) is 25.2 Å². The molecule has 15 heteroatoms. The Morgan fingerprint density at radius 3 is 2.50 bits per heavy atom. The van der Waals surface area contributed by atoms with Crippen molar-refractivity contribution >= 4 is 44.7 Å². The normalized spacial score (nSPS) is 30.2. The van der Waals surface area contributed by atoms with Crippen molar-refractivity contribution in [2.45, 2.75) is 157 Å². The van der Waals surface area contributed by atoms with Crippen molar-refractivity contribution in [3.05, 3.63) is 41.6 Å². The summed E-state index contributed by atoms with van der Waals surface area (Å²) >= 11 is 0. The van der Waals surface area contributed by atoms with Crippen molar-refractivity contribution < 1.29 is 41.8 Å². The number of methoxy groups -OCH3 is 1. The third-order valence-corrected chi connectivity index (χ3v) is 15.4. The summed E-state index contributed by atoms with van der Waals surface area (Å²) in [5.41, 5.74) is -0.527. The number of nitrogens with zero attached hydrogens (tertiary/aromatic N) is 2. The number of aromatic nitrogens is 1. The van der Waals surface area contributed by atoms with Gasteiger partial charge in [-0.05, 0) is 110 Å². The number of carbonyl (C=O) groups excluding carboxylic acids is 4. The number of aryl methyl sites for hydroxylation is 1. The number of alkyl carbamates (subject to hydrolysis) is 1. The summed E-state index contributed by atoms with van der Waals surface area (Å²) < 4.78 is 46.1. The topological polar surface area (TPSA) is 182 Å². The number of fused-ring (bicyclic) bond motifs is 5. The molecule has 1 spiro atoms. The number of allylic oxidation sites excluding steroid dienone is 1. The predicted octanol–water partition coefficient (Wildman–Crippen LogP) is 5.46. The molecule has 8 rings (SSSR count). The number of ether oxygens (including phenoxy) is 3. The Morgan fingerprint density at radius 1 is 1.03 bits per heavy atom. The maximum absolute atomic E-state index is 14.9. The molecular weight excluding hydrogens is 763 g/mol. The molecule has 3 aliphatic carbocycles. The van der Waals surface area contributed by atoms with E-state index >= 15 is 0 Å². The lowest BCUT2D eigenvalue weighted by atomic mass is 9.79. The van der Waals surface area contributed by atoms with E-state index in [4.69, 9.17) is 19.2 Å². The molecule has 1 unspecified atom stereocenters. The van der Waals surface area contributed by atoms with Crippen LogP contribution in [0.15, 0.2) is 30.4 Å². The SMILES string of the molecule is COc1ccc2nc(C3CCC3)c3c(c2c1)CC[C@]1(C[C@H]2C(=O)N[C@]4(C(=O)NS(=O)(=O)C5(C)CC5)C[C@H]4/C=C\CCCCCC(NC(=O)OC(C)(C)C)C(=O)N2C1)O3. The standard InChI is InChI=1S/C43H57N5O9S/c1-40(2,3)57-39(52)45-32-15-10-8-6-7-9-14-27-23-43(27,38(51)47-58(53,54)41(4)20-21-41)46-36(49)33-24-42(25-48(33)37(32)50)19-18-29-30-22-28(55-5)16-17-31(30)44-34(35(29)56-42)26-12-11-13-26/h9,14,16-17,22,26-27,32-33H,6-8,10-13,15,18-21,23-25H2,1-5H3,(H,45,52)(H,46,49)(H,47,51)/b14-9-/t27-,32?,33+,42-,43-/m1/s1. The number of sulfonamides is 1. The number of pyridine rings is 1. The van der Waals surface area contributed by atoms with Crippen molar-refractivity contribution in [3.63, 3.8) is 0 Å². The molecule has 58 heavy (non-hydrogen) atoms. The zero-order valence-electron chi connectivity index (χ0n) is 34.3. The van der Waals surface area contributed by atoms with Gasteiger partial charge in [-0.15, -0.1) is 0 Å². The van der Waals surface area contributed by atoms with E-state index in [1.165, 1.54) is 4.90 Å². The van der Waals surface area contributed by atoms with E-state index in [0.29, 0.717) is 56.4 Å². The molecule has 4 fully saturated rings. The van der Waals surface area contributed by atoms with E-state index in [-0.39, 0.29) is 25.3 Å². The fourth-order valence-electron chi connectivity index (χ4n) is 9.07. The fraction of sp³-hybridized carbons (Fsp3) is 0.651. The van der Waals surface area contributed by atoms with Gasteiger partial charge < -0.3 is 29.7 Å². The monoisotopic (exact) mass is 819 g/mol. The van der Waals surface area contributed by atoms with E-state index in [1.807, 2.05) is 30.4 Å². The highest BCUT2D eigenvalue weighted by Crippen LogP contribution is 2.51. The largest absolute Gasteiger partial charge is 0.497 e. The van der Waals surface area contributed by atoms with Gasteiger partial charge in [0.15, 0.2) is 0 Å². The van der Waals surface area contributed by atoms with Crippen molar-refractivity contribution in [2.24, 2.45) is 5.92 Å². The number of hydrogen-bond donors (Lipinski definition) is 3.